The predicted molar refractivity (Wildman–Crippen MR) is 69.4 cm³/mol. The third kappa shape index (κ3) is 2.86. The lowest BCUT2D eigenvalue weighted by molar-refractivity contribution is -0.149. The van der Waals surface area contributed by atoms with Crippen LogP contribution in [-0.4, -0.2) is 49.8 Å². The highest BCUT2D eigenvalue weighted by atomic mass is 16.6. The summed E-state index contributed by atoms with van der Waals surface area (Å²) in [5, 5.41) is 0. The van der Waals surface area contributed by atoms with Gasteiger partial charge < -0.3 is 9.47 Å². The molecule has 0 radical (unpaired) electrons. The van der Waals surface area contributed by atoms with Crippen molar-refractivity contribution in [1.29, 1.82) is 0 Å². The Labute approximate surface area is 110 Å². The summed E-state index contributed by atoms with van der Waals surface area (Å²) in [5.74, 6) is 0.0273. The van der Waals surface area contributed by atoms with Crippen molar-refractivity contribution in [2.75, 3.05) is 32.8 Å². The van der Waals surface area contributed by atoms with Crippen molar-refractivity contribution in [3.63, 3.8) is 0 Å². The SMILES string of the molecule is CCC1(CC)CC(CCN2CCOCC2)OC1=O. The van der Waals surface area contributed by atoms with E-state index in [0.717, 1.165) is 58.5 Å². The Morgan fingerprint density at radius 2 is 1.94 bits per heavy atom. The van der Waals surface area contributed by atoms with Crippen LogP contribution in [-0.2, 0) is 14.3 Å². The van der Waals surface area contributed by atoms with Crippen molar-refractivity contribution in [2.45, 2.75) is 45.6 Å². The molecule has 0 aromatic heterocycles. The number of carbonyl (C=O) groups is 1. The van der Waals surface area contributed by atoms with Gasteiger partial charge in [-0.25, -0.2) is 0 Å². The van der Waals surface area contributed by atoms with Crippen LogP contribution in [0.5, 0.6) is 0 Å². The van der Waals surface area contributed by atoms with Crippen molar-refractivity contribution in [3.05, 3.63) is 0 Å². The maximum absolute atomic E-state index is 12.0. The van der Waals surface area contributed by atoms with Gasteiger partial charge in [-0.2, -0.15) is 0 Å². The van der Waals surface area contributed by atoms with E-state index in [1.54, 1.807) is 0 Å². The summed E-state index contributed by atoms with van der Waals surface area (Å²) in [6.07, 6.45) is 3.80. The number of carbonyl (C=O) groups excluding carboxylic acids is 1. The predicted octanol–water partition coefficient (Wildman–Crippen LogP) is 1.83. The molecule has 104 valence electrons. The van der Waals surface area contributed by atoms with Gasteiger partial charge in [0.2, 0.25) is 0 Å². The molecule has 18 heavy (non-hydrogen) atoms. The van der Waals surface area contributed by atoms with Crippen LogP contribution in [0.3, 0.4) is 0 Å². The minimum Gasteiger partial charge on any atom is -0.462 e. The molecule has 0 aliphatic carbocycles. The average Bonchev–Trinajstić information content (AvgIpc) is 2.74. The van der Waals surface area contributed by atoms with Crippen LogP contribution >= 0.6 is 0 Å². The van der Waals surface area contributed by atoms with Crippen LogP contribution in [0.15, 0.2) is 0 Å². The van der Waals surface area contributed by atoms with E-state index in [-0.39, 0.29) is 17.5 Å². The van der Waals surface area contributed by atoms with Crippen molar-refractivity contribution in [1.82, 2.24) is 4.90 Å². The zero-order valence-corrected chi connectivity index (χ0v) is 11.6. The van der Waals surface area contributed by atoms with Crippen molar-refractivity contribution >= 4 is 5.97 Å². The van der Waals surface area contributed by atoms with Crippen LogP contribution in [0.4, 0.5) is 0 Å². The Balaban J connectivity index is 1.79. The van der Waals surface area contributed by atoms with E-state index in [0.29, 0.717) is 0 Å². The molecule has 0 aromatic rings. The Morgan fingerprint density at radius 3 is 2.50 bits per heavy atom. The number of nitrogens with zero attached hydrogens (tertiary/aromatic N) is 1. The number of rotatable bonds is 5. The number of esters is 1. The summed E-state index contributed by atoms with van der Waals surface area (Å²) < 4.78 is 10.9. The molecule has 2 fully saturated rings. The Morgan fingerprint density at radius 1 is 1.28 bits per heavy atom. The van der Waals surface area contributed by atoms with E-state index in [1.807, 2.05) is 0 Å². The van der Waals surface area contributed by atoms with Crippen LogP contribution in [0, 0.1) is 5.41 Å². The molecule has 0 aromatic carbocycles. The van der Waals surface area contributed by atoms with Crippen LogP contribution in [0.1, 0.15) is 39.5 Å². The second kappa shape index (κ2) is 6.02. The molecule has 2 rings (SSSR count). The Hall–Kier alpha value is -0.610. The number of cyclic esters (lactones) is 1. The van der Waals surface area contributed by atoms with Crippen molar-refractivity contribution < 1.29 is 14.3 Å². The summed E-state index contributed by atoms with van der Waals surface area (Å²) in [4.78, 5) is 14.4. The van der Waals surface area contributed by atoms with E-state index in [9.17, 15) is 4.79 Å². The van der Waals surface area contributed by atoms with Gasteiger partial charge in [-0.15, -0.1) is 0 Å². The maximum Gasteiger partial charge on any atom is 0.312 e. The van der Waals surface area contributed by atoms with Gasteiger partial charge in [0, 0.05) is 26.1 Å². The molecule has 0 amide bonds. The second-order valence-electron chi connectivity index (χ2n) is 5.46. The molecule has 0 bridgehead atoms. The molecule has 2 saturated heterocycles. The molecule has 4 heteroatoms. The summed E-state index contributed by atoms with van der Waals surface area (Å²) >= 11 is 0. The van der Waals surface area contributed by atoms with E-state index >= 15 is 0 Å². The fourth-order valence-corrected chi connectivity index (χ4v) is 2.98. The van der Waals surface area contributed by atoms with Gasteiger partial charge in [-0.05, 0) is 19.3 Å². The van der Waals surface area contributed by atoms with Gasteiger partial charge in [0.15, 0.2) is 0 Å². The normalized spacial score (nSPS) is 28.3. The number of hydrogen-bond acceptors (Lipinski definition) is 4. The Bertz CT molecular complexity index is 283. The van der Waals surface area contributed by atoms with Crippen LogP contribution < -0.4 is 0 Å². The smallest absolute Gasteiger partial charge is 0.312 e. The van der Waals surface area contributed by atoms with Gasteiger partial charge in [0.1, 0.15) is 6.10 Å². The highest BCUT2D eigenvalue weighted by molar-refractivity contribution is 5.78. The van der Waals surface area contributed by atoms with Crippen molar-refractivity contribution in [3.8, 4) is 0 Å². The molecule has 2 aliphatic rings. The molecule has 2 aliphatic heterocycles. The number of hydrogen-bond donors (Lipinski definition) is 0. The van der Waals surface area contributed by atoms with Crippen LogP contribution in [0.25, 0.3) is 0 Å². The summed E-state index contributed by atoms with van der Waals surface area (Å²) in [6.45, 7) is 8.88. The minimum absolute atomic E-state index is 0.0273. The summed E-state index contributed by atoms with van der Waals surface area (Å²) in [7, 11) is 0. The number of ether oxygens (including phenoxy) is 2. The van der Waals surface area contributed by atoms with Gasteiger partial charge in [-0.1, -0.05) is 13.8 Å². The molecular formula is C14H25NO3. The lowest BCUT2D eigenvalue weighted by Crippen LogP contribution is -2.37. The fraction of sp³-hybridized carbons (Fsp3) is 0.929. The van der Waals surface area contributed by atoms with E-state index in [1.165, 1.54) is 0 Å². The average molecular weight is 255 g/mol. The second-order valence-corrected chi connectivity index (χ2v) is 5.46. The molecule has 4 nitrogen and oxygen atoms in total. The molecule has 2 heterocycles. The van der Waals surface area contributed by atoms with Gasteiger partial charge in [-0.3, -0.25) is 9.69 Å². The zero-order valence-electron chi connectivity index (χ0n) is 11.6. The van der Waals surface area contributed by atoms with Crippen molar-refractivity contribution in [2.24, 2.45) is 5.41 Å². The fourth-order valence-electron chi connectivity index (χ4n) is 2.98. The monoisotopic (exact) mass is 255 g/mol. The minimum atomic E-state index is -0.199. The first kappa shape index (κ1) is 13.8. The topological polar surface area (TPSA) is 38.8 Å². The molecule has 0 saturated carbocycles. The maximum atomic E-state index is 12.0. The first-order chi connectivity index (χ1) is 8.70. The highest BCUT2D eigenvalue weighted by Gasteiger charge is 2.46. The standard InChI is InChI=1S/C14H25NO3/c1-3-14(4-2)11-12(18-13(14)16)5-6-15-7-9-17-10-8-15/h12H,3-11H2,1-2H3. The molecule has 1 atom stereocenters. The van der Waals surface area contributed by atoms with Gasteiger partial charge in [0.05, 0.1) is 18.6 Å². The first-order valence-corrected chi connectivity index (χ1v) is 7.21. The zero-order chi connectivity index (χ0) is 13.0. The van der Waals surface area contributed by atoms with E-state index in [4.69, 9.17) is 9.47 Å². The third-order valence-corrected chi connectivity index (χ3v) is 4.55. The van der Waals surface area contributed by atoms with Crippen LogP contribution in [0.2, 0.25) is 0 Å². The molecule has 0 spiro atoms. The summed E-state index contributed by atoms with van der Waals surface area (Å²) in [6, 6.07) is 0. The first-order valence-electron chi connectivity index (χ1n) is 7.21. The van der Waals surface area contributed by atoms with Gasteiger partial charge in [0.25, 0.3) is 0 Å². The molecule has 1 unspecified atom stereocenters. The Kier molecular flexibility index (Phi) is 4.62. The van der Waals surface area contributed by atoms with E-state index < -0.39 is 0 Å². The van der Waals surface area contributed by atoms with Gasteiger partial charge >= 0.3 is 5.97 Å². The third-order valence-electron chi connectivity index (χ3n) is 4.55. The summed E-state index contributed by atoms with van der Waals surface area (Å²) in [5.41, 5.74) is -0.199. The lowest BCUT2D eigenvalue weighted by atomic mass is 9.79. The quantitative estimate of drug-likeness (QED) is 0.703. The molecule has 0 N–H and O–H groups in total. The highest BCUT2D eigenvalue weighted by Crippen LogP contribution is 2.41. The largest absolute Gasteiger partial charge is 0.462 e. The lowest BCUT2D eigenvalue weighted by Gasteiger charge is -2.27. The number of morpholine rings is 1. The molecular weight excluding hydrogens is 230 g/mol. The van der Waals surface area contributed by atoms with E-state index in [2.05, 4.69) is 18.7 Å².